The van der Waals surface area contributed by atoms with E-state index in [4.69, 9.17) is 5.26 Å². The van der Waals surface area contributed by atoms with Gasteiger partial charge >= 0.3 is 6.18 Å². The molecule has 0 aromatic carbocycles. The van der Waals surface area contributed by atoms with E-state index in [1.54, 1.807) is 20.8 Å². The fourth-order valence-corrected chi connectivity index (χ4v) is 2.96. The van der Waals surface area contributed by atoms with E-state index >= 15 is 0 Å². The number of hydrogen-bond donors (Lipinski definition) is 0. The van der Waals surface area contributed by atoms with Crippen LogP contribution in [0, 0.1) is 16.7 Å². The Balaban J connectivity index is 2.59. The lowest BCUT2D eigenvalue weighted by Gasteiger charge is -2.38. The summed E-state index contributed by atoms with van der Waals surface area (Å²) in [4.78, 5) is 15.8. The Bertz CT molecular complexity index is 698. The summed E-state index contributed by atoms with van der Waals surface area (Å²) in [5.74, 6) is -0.292. The second kappa shape index (κ2) is 4.94. The van der Waals surface area contributed by atoms with Crippen molar-refractivity contribution in [3.63, 3.8) is 0 Å². The van der Waals surface area contributed by atoms with Gasteiger partial charge in [-0.1, -0.05) is 32.9 Å². The zero-order valence-corrected chi connectivity index (χ0v) is 12.5. The number of halogens is 3. The fraction of sp³-hybridized carbons (Fsp3) is 0.438. The number of alkyl halides is 3. The van der Waals surface area contributed by atoms with Crippen molar-refractivity contribution >= 4 is 5.78 Å². The average Bonchev–Trinajstić information content (AvgIpc) is 2.42. The van der Waals surface area contributed by atoms with Crippen LogP contribution in [0.4, 0.5) is 13.2 Å². The molecule has 1 atom stereocenters. The van der Waals surface area contributed by atoms with Crippen LogP contribution >= 0.6 is 0 Å². The van der Waals surface area contributed by atoms with Gasteiger partial charge in [-0.3, -0.25) is 4.79 Å². The number of Topliss-reactive ketones (excluding diaryl/α,β-unsaturated/α-hetero) is 1. The molecule has 0 N–H and O–H groups in total. The van der Waals surface area contributed by atoms with E-state index in [1.807, 2.05) is 6.07 Å². The number of ketones is 1. The monoisotopic (exact) mass is 308 g/mol. The van der Waals surface area contributed by atoms with Crippen molar-refractivity contribution in [1.29, 1.82) is 5.26 Å². The molecule has 1 heterocycles. The van der Waals surface area contributed by atoms with Gasteiger partial charge in [0.05, 0.1) is 11.3 Å². The Morgan fingerprint density at radius 2 is 1.91 bits per heavy atom. The van der Waals surface area contributed by atoms with Crippen LogP contribution in [0.5, 0.6) is 0 Å². The van der Waals surface area contributed by atoms with Crippen LogP contribution in [-0.2, 0) is 16.4 Å². The van der Waals surface area contributed by atoms with Crippen LogP contribution in [-0.4, -0.2) is 10.8 Å². The molecule has 0 bridgehead atoms. The first kappa shape index (κ1) is 16.2. The lowest BCUT2D eigenvalue weighted by molar-refractivity contribution is -0.141. The van der Waals surface area contributed by atoms with Crippen molar-refractivity contribution in [2.45, 2.75) is 38.8 Å². The summed E-state index contributed by atoms with van der Waals surface area (Å²) in [6.07, 6.45) is -2.81. The van der Waals surface area contributed by atoms with Crippen molar-refractivity contribution in [3.8, 4) is 6.07 Å². The normalized spacial score (nSPS) is 24.6. The largest absolute Gasteiger partial charge is 0.433 e. The van der Waals surface area contributed by atoms with E-state index < -0.39 is 22.7 Å². The third kappa shape index (κ3) is 2.76. The summed E-state index contributed by atoms with van der Waals surface area (Å²) in [6.45, 7) is 5.07. The van der Waals surface area contributed by atoms with E-state index in [0.29, 0.717) is 6.42 Å². The molecular formula is C16H15F3N2O. The second-order valence-corrected chi connectivity index (χ2v) is 6.38. The van der Waals surface area contributed by atoms with Gasteiger partial charge in [-0.25, -0.2) is 4.98 Å². The minimum atomic E-state index is -4.53. The number of carbonyl (C=O) groups excluding carboxylic acids is 1. The molecule has 1 aliphatic carbocycles. The van der Waals surface area contributed by atoms with Crippen molar-refractivity contribution in [2.75, 3.05) is 0 Å². The third-order valence-electron chi connectivity index (χ3n) is 3.88. The van der Waals surface area contributed by atoms with E-state index in [1.165, 1.54) is 18.2 Å². The van der Waals surface area contributed by atoms with Gasteiger partial charge in [0.25, 0.3) is 0 Å². The van der Waals surface area contributed by atoms with Gasteiger partial charge < -0.3 is 0 Å². The molecule has 0 saturated heterocycles. The topological polar surface area (TPSA) is 53.8 Å². The van der Waals surface area contributed by atoms with Gasteiger partial charge in [0, 0.05) is 10.8 Å². The number of rotatable bonds is 1. The molecule has 3 nitrogen and oxygen atoms in total. The average molecular weight is 308 g/mol. The lowest BCUT2D eigenvalue weighted by Crippen LogP contribution is -2.40. The highest BCUT2D eigenvalue weighted by Crippen LogP contribution is 2.44. The minimum Gasteiger partial charge on any atom is -0.293 e. The molecule has 2 rings (SSSR count). The number of allylic oxidation sites excluding steroid dienone is 2. The first-order valence-electron chi connectivity index (χ1n) is 6.72. The molecule has 116 valence electrons. The second-order valence-electron chi connectivity index (χ2n) is 6.38. The van der Waals surface area contributed by atoms with Gasteiger partial charge in [-0.2, -0.15) is 18.4 Å². The van der Waals surface area contributed by atoms with E-state index in [0.717, 1.165) is 6.07 Å². The van der Waals surface area contributed by atoms with Crippen LogP contribution in [0.2, 0.25) is 0 Å². The van der Waals surface area contributed by atoms with Gasteiger partial charge in [-0.05, 0) is 18.6 Å². The summed E-state index contributed by atoms with van der Waals surface area (Å²) in [6, 6.07) is 5.53. The summed E-state index contributed by atoms with van der Waals surface area (Å²) >= 11 is 0. The van der Waals surface area contributed by atoms with Gasteiger partial charge in [-0.15, -0.1) is 0 Å². The summed E-state index contributed by atoms with van der Waals surface area (Å²) in [7, 11) is 0. The van der Waals surface area contributed by atoms with Crippen LogP contribution < -0.4 is 0 Å². The van der Waals surface area contributed by atoms with Gasteiger partial charge in [0.15, 0.2) is 5.78 Å². The Kier molecular flexibility index (Phi) is 3.64. The molecule has 0 spiro atoms. The molecule has 0 fully saturated rings. The van der Waals surface area contributed by atoms with Gasteiger partial charge in [0.1, 0.15) is 11.8 Å². The van der Waals surface area contributed by atoms with Crippen molar-refractivity contribution in [2.24, 2.45) is 5.41 Å². The quantitative estimate of drug-likeness (QED) is 0.792. The molecule has 6 heteroatoms. The molecule has 1 aliphatic rings. The Hall–Kier alpha value is -2.16. The first-order valence-corrected chi connectivity index (χ1v) is 6.72. The van der Waals surface area contributed by atoms with Crippen LogP contribution in [0.1, 0.15) is 38.6 Å². The summed E-state index contributed by atoms with van der Waals surface area (Å²) in [5.41, 5.74) is -2.53. The van der Waals surface area contributed by atoms with E-state index in [-0.39, 0.29) is 17.1 Å². The number of pyridine rings is 1. The first-order chi connectivity index (χ1) is 9.99. The summed E-state index contributed by atoms with van der Waals surface area (Å²) < 4.78 is 38.5. The van der Waals surface area contributed by atoms with Crippen LogP contribution in [0.25, 0.3) is 0 Å². The molecule has 0 radical (unpaired) electrons. The number of carbonyl (C=O) groups is 1. The number of nitriles is 1. The van der Waals surface area contributed by atoms with Crippen LogP contribution in [0.3, 0.4) is 0 Å². The Morgan fingerprint density at radius 3 is 2.45 bits per heavy atom. The number of aromatic nitrogens is 1. The van der Waals surface area contributed by atoms with Crippen LogP contribution in [0.15, 0.2) is 29.8 Å². The highest BCUT2D eigenvalue weighted by molar-refractivity contribution is 6.04. The predicted octanol–water partition coefficient (Wildman–Crippen LogP) is 3.81. The Morgan fingerprint density at radius 1 is 1.27 bits per heavy atom. The molecule has 1 aromatic rings. The van der Waals surface area contributed by atoms with Crippen molar-refractivity contribution in [1.82, 2.24) is 4.98 Å². The fourth-order valence-electron chi connectivity index (χ4n) is 2.96. The zero-order chi connectivity index (χ0) is 16.8. The summed E-state index contributed by atoms with van der Waals surface area (Å²) in [5, 5.41) is 9.12. The van der Waals surface area contributed by atoms with Crippen molar-refractivity contribution in [3.05, 3.63) is 41.2 Å². The Labute approximate surface area is 126 Å². The van der Waals surface area contributed by atoms with Gasteiger partial charge in [0.2, 0.25) is 0 Å². The molecule has 0 aliphatic heterocycles. The molecule has 22 heavy (non-hydrogen) atoms. The highest BCUT2D eigenvalue weighted by Gasteiger charge is 2.44. The maximum atomic E-state index is 12.8. The predicted molar refractivity (Wildman–Crippen MR) is 73.7 cm³/mol. The molecule has 1 aromatic heterocycles. The highest BCUT2D eigenvalue weighted by atomic mass is 19.4. The SMILES string of the molecule is CC1(C)CC(C)(c2cccc(C(F)(F)F)n2)C=C(C#N)C1=O. The molecular weight excluding hydrogens is 293 g/mol. The maximum absolute atomic E-state index is 12.8. The molecule has 0 saturated carbocycles. The zero-order valence-electron chi connectivity index (χ0n) is 12.5. The minimum absolute atomic E-state index is 0.0297. The van der Waals surface area contributed by atoms with E-state index in [2.05, 4.69) is 4.98 Å². The lowest BCUT2D eigenvalue weighted by atomic mass is 9.64. The number of hydrogen-bond acceptors (Lipinski definition) is 3. The van der Waals surface area contributed by atoms with E-state index in [9.17, 15) is 18.0 Å². The molecule has 0 amide bonds. The standard InChI is InChI=1S/C16H15F3N2O/c1-14(2)9-15(3,7-10(8-20)13(14)22)11-5-4-6-12(21-11)16(17,18)19/h4-7H,9H2,1-3H3. The number of nitrogens with zero attached hydrogens (tertiary/aromatic N) is 2. The maximum Gasteiger partial charge on any atom is 0.433 e. The van der Waals surface area contributed by atoms with Crippen molar-refractivity contribution < 1.29 is 18.0 Å². The smallest absolute Gasteiger partial charge is 0.293 e. The third-order valence-corrected chi connectivity index (χ3v) is 3.88. The molecule has 1 unspecified atom stereocenters.